The summed E-state index contributed by atoms with van der Waals surface area (Å²) in [5.41, 5.74) is 0.493. The summed E-state index contributed by atoms with van der Waals surface area (Å²) >= 11 is 0. The second kappa shape index (κ2) is 6.25. The number of hydrogen-bond acceptors (Lipinski definition) is 2. The van der Waals surface area contributed by atoms with Crippen molar-refractivity contribution in [1.82, 2.24) is 5.32 Å². The summed E-state index contributed by atoms with van der Waals surface area (Å²) in [5.74, 6) is -1.04. The molecule has 1 heterocycles. The van der Waals surface area contributed by atoms with Crippen molar-refractivity contribution >= 4 is 0 Å². The molecule has 18 heavy (non-hydrogen) atoms. The molecule has 1 saturated heterocycles. The molecule has 0 aromatic heterocycles. The molecule has 0 aliphatic carbocycles. The highest BCUT2D eigenvalue weighted by molar-refractivity contribution is 5.21. The highest BCUT2D eigenvalue weighted by Gasteiger charge is 2.16. The quantitative estimate of drug-likeness (QED) is 0.892. The van der Waals surface area contributed by atoms with Gasteiger partial charge in [-0.15, -0.1) is 0 Å². The summed E-state index contributed by atoms with van der Waals surface area (Å²) < 4.78 is 32.0. The maximum Gasteiger partial charge on any atom is 0.130 e. The van der Waals surface area contributed by atoms with Gasteiger partial charge in [-0.3, -0.25) is 0 Å². The van der Waals surface area contributed by atoms with E-state index in [0.717, 1.165) is 25.5 Å². The Morgan fingerprint density at radius 1 is 1.39 bits per heavy atom. The standard InChI is InChI=1S/C14H19F2NO/c1-10(13-6-5-11(15)8-14(13)16)17-9-12-4-2-3-7-18-12/h5-6,8,10,12,17H,2-4,7,9H2,1H3. The van der Waals surface area contributed by atoms with E-state index in [1.165, 1.54) is 18.6 Å². The first-order valence-corrected chi connectivity index (χ1v) is 6.47. The minimum absolute atomic E-state index is 0.142. The third kappa shape index (κ3) is 3.50. The molecule has 0 amide bonds. The fourth-order valence-electron chi connectivity index (χ4n) is 2.24. The van der Waals surface area contributed by atoms with Crippen molar-refractivity contribution in [2.24, 2.45) is 0 Å². The van der Waals surface area contributed by atoms with E-state index in [1.807, 2.05) is 6.92 Å². The average molecular weight is 255 g/mol. The lowest BCUT2D eigenvalue weighted by Gasteiger charge is -2.25. The van der Waals surface area contributed by atoms with Gasteiger partial charge in [-0.25, -0.2) is 8.78 Å². The largest absolute Gasteiger partial charge is 0.377 e. The first-order valence-electron chi connectivity index (χ1n) is 6.47. The molecule has 1 aromatic carbocycles. The van der Waals surface area contributed by atoms with Gasteiger partial charge in [0, 0.05) is 30.8 Å². The highest BCUT2D eigenvalue weighted by atomic mass is 19.1. The molecule has 0 bridgehead atoms. The second-order valence-electron chi connectivity index (χ2n) is 4.78. The molecule has 0 saturated carbocycles. The fourth-order valence-corrected chi connectivity index (χ4v) is 2.24. The average Bonchev–Trinajstić information content (AvgIpc) is 2.37. The van der Waals surface area contributed by atoms with Gasteiger partial charge in [0.1, 0.15) is 11.6 Å². The van der Waals surface area contributed by atoms with Gasteiger partial charge in [-0.1, -0.05) is 6.07 Å². The number of halogens is 2. The Bertz CT molecular complexity index is 391. The molecular weight excluding hydrogens is 236 g/mol. The van der Waals surface area contributed by atoms with Crippen molar-refractivity contribution < 1.29 is 13.5 Å². The zero-order valence-electron chi connectivity index (χ0n) is 10.6. The molecule has 0 radical (unpaired) electrons. The topological polar surface area (TPSA) is 21.3 Å². The van der Waals surface area contributed by atoms with Crippen LogP contribution in [0.2, 0.25) is 0 Å². The van der Waals surface area contributed by atoms with E-state index in [2.05, 4.69) is 5.32 Å². The zero-order chi connectivity index (χ0) is 13.0. The van der Waals surface area contributed by atoms with Gasteiger partial charge < -0.3 is 10.1 Å². The smallest absolute Gasteiger partial charge is 0.130 e. The Hall–Kier alpha value is -1.00. The molecule has 4 heteroatoms. The van der Waals surface area contributed by atoms with Gasteiger partial charge in [0.2, 0.25) is 0 Å². The molecular formula is C14H19F2NO. The van der Waals surface area contributed by atoms with E-state index in [9.17, 15) is 8.78 Å². The van der Waals surface area contributed by atoms with Crippen molar-refractivity contribution in [3.05, 3.63) is 35.4 Å². The number of rotatable bonds is 4. The first-order chi connectivity index (χ1) is 8.66. The molecule has 1 aliphatic rings. The molecule has 2 rings (SSSR count). The summed E-state index contributed by atoms with van der Waals surface area (Å²) in [6, 6.07) is 3.55. The van der Waals surface area contributed by atoms with E-state index in [1.54, 1.807) is 0 Å². The van der Waals surface area contributed by atoms with Gasteiger partial charge in [-0.05, 0) is 32.3 Å². The van der Waals surface area contributed by atoms with E-state index in [-0.39, 0.29) is 12.1 Å². The minimum atomic E-state index is -0.543. The summed E-state index contributed by atoms with van der Waals surface area (Å²) in [6.45, 7) is 3.39. The molecule has 1 N–H and O–H groups in total. The van der Waals surface area contributed by atoms with Crippen LogP contribution in [0.5, 0.6) is 0 Å². The van der Waals surface area contributed by atoms with E-state index < -0.39 is 11.6 Å². The van der Waals surface area contributed by atoms with Crippen molar-refractivity contribution in [2.75, 3.05) is 13.2 Å². The Balaban J connectivity index is 1.88. The minimum Gasteiger partial charge on any atom is -0.377 e. The third-order valence-corrected chi connectivity index (χ3v) is 3.35. The lowest BCUT2D eigenvalue weighted by atomic mass is 10.1. The normalized spacial score (nSPS) is 21.8. The van der Waals surface area contributed by atoms with Crippen LogP contribution in [-0.4, -0.2) is 19.3 Å². The monoisotopic (exact) mass is 255 g/mol. The Morgan fingerprint density at radius 3 is 2.89 bits per heavy atom. The van der Waals surface area contributed by atoms with Crippen LogP contribution in [0.15, 0.2) is 18.2 Å². The number of ether oxygens (including phenoxy) is 1. The molecule has 1 fully saturated rings. The summed E-state index contributed by atoms with van der Waals surface area (Å²) in [7, 11) is 0. The summed E-state index contributed by atoms with van der Waals surface area (Å²) in [6.07, 6.45) is 3.57. The van der Waals surface area contributed by atoms with Gasteiger partial charge in [0.15, 0.2) is 0 Å². The maximum atomic E-state index is 13.6. The number of nitrogens with one attached hydrogen (secondary N) is 1. The zero-order valence-corrected chi connectivity index (χ0v) is 10.6. The Morgan fingerprint density at radius 2 is 2.22 bits per heavy atom. The summed E-state index contributed by atoms with van der Waals surface area (Å²) in [5, 5.41) is 3.24. The van der Waals surface area contributed by atoms with Crippen LogP contribution in [0.1, 0.15) is 37.8 Å². The molecule has 2 unspecified atom stereocenters. The molecule has 0 spiro atoms. The van der Waals surface area contributed by atoms with Crippen LogP contribution in [0.4, 0.5) is 8.78 Å². The third-order valence-electron chi connectivity index (χ3n) is 3.35. The fraction of sp³-hybridized carbons (Fsp3) is 0.571. The van der Waals surface area contributed by atoms with E-state index in [0.29, 0.717) is 12.1 Å². The Kier molecular flexibility index (Phi) is 4.66. The first kappa shape index (κ1) is 13.4. The van der Waals surface area contributed by atoms with Crippen molar-refractivity contribution in [3.63, 3.8) is 0 Å². The predicted molar refractivity (Wildman–Crippen MR) is 66.4 cm³/mol. The van der Waals surface area contributed by atoms with E-state index in [4.69, 9.17) is 4.74 Å². The van der Waals surface area contributed by atoms with Crippen molar-refractivity contribution in [1.29, 1.82) is 0 Å². The van der Waals surface area contributed by atoms with Gasteiger partial charge in [-0.2, -0.15) is 0 Å². The molecule has 1 aliphatic heterocycles. The van der Waals surface area contributed by atoms with Gasteiger partial charge >= 0.3 is 0 Å². The molecule has 1 aromatic rings. The SMILES string of the molecule is CC(NCC1CCCCO1)c1ccc(F)cc1F. The number of hydrogen-bond donors (Lipinski definition) is 1. The maximum absolute atomic E-state index is 13.6. The Labute approximate surface area is 106 Å². The highest BCUT2D eigenvalue weighted by Crippen LogP contribution is 2.18. The molecule has 2 nitrogen and oxygen atoms in total. The van der Waals surface area contributed by atoms with E-state index >= 15 is 0 Å². The number of benzene rings is 1. The summed E-state index contributed by atoms with van der Waals surface area (Å²) in [4.78, 5) is 0. The van der Waals surface area contributed by atoms with Crippen LogP contribution in [0.25, 0.3) is 0 Å². The van der Waals surface area contributed by atoms with Crippen LogP contribution < -0.4 is 5.32 Å². The lowest BCUT2D eigenvalue weighted by Crippen LogP contribution is -2.33. The predicted octanol–water partition coefficient (Wildman–Crippen LogP) is 3.18. The second-order valence-corrected chi connectivity index (χ2v) is 4.78. The van der Waals surface area contributed by atoms with Gasteiger partial charge in [0.05, 0.1) is 6.10 Å². The van der Waals surface area contributed by atoms with Crippen LogP contribution in [0.3, 0.4) is 0 Å². The van der Waals surface area contributed by atoms with Crippen molar-refractivity contribution in [2.45, 2.75) is 38.3 Å². The van der Waals surface area contributed by atoms with Crippen LogP contribution in [0, 0.1) is 11.6 Å². The lowest BCUT2D eigenvalue weighted by molar-refractivity contribution is 0.0156. The van der Waals surface area contributed by atoms with Crippen LogP contribution >= 0.6 is 0 Å². The molecule has 2 atom stereocenters. The molecule has 100 valence electrons. The van der Waals surface area contributed by atoms with Crippen molar-refractivity contribution in [3.8, 4) is 0 Å². The van der Waals surface area contributed by atoms with Crippen LogP contribution in [-0.2, 0) is 4.74 Å². The van der Waals surface area contributed by atoms with Gasteiger partial charge in [0.25, 0.3) is 0 Å².